The first-order valence-electron chi connectivity index (χ1n) is 9.02. The number of rotatable bonds is 3. The summed E-state index contributed by atoms with van der Waals surface area (Å²) in [5, 5.41) is 12.3. The second-order valence-corrected chi connectivity index (χ2v) is 7.45. The average molecular weight is 366 g/mol. The van der Waals surface area contributed by atoms with E-state index in [0.29, 0.717) is 19.5 Å². The maximum absolute atomic E-state index is 12.7. The summed E-state index contributed by atoms with van der Waals surface area (Å²) in [6.45, 7) is 3.78. The largest absolute Gasteiger partial charge is 0.481 e. The third kappa shape index (κ3) is 3.20. The standard InChI is InChI=1S/C20H22N4O3/c1-20(18(25)26)8-10-23(13-20)19(27)22-16-6-4-5-14-11-24(12-15(14)16)17-7-2-3-9-21-17/h2-7,9H,8,10-13H2,1H3,(H,22,27)(H,25,26). The summed E-state index contributed by atoms with van der Waals surface area (Å²) in [6.07, 6.45) is 2.24. The Bertz CT molecular complexity index is 886. The van der Waals surface area contributed by atoms with Crippen LogP contribution < -0.4 is 10.2 Å². The fraction of sp³-hybridized carbons (Fsp3) is 0.350. The number of likely N-dealkylation sites (tertiary alicyclic amines) is 1. The highest BCUT2D eigenvalue weighted by Gasteiger charge is 2.42. The van der Waals surface area contributed by atoms with Gasteiger partial charge in [0.15, 0.2) is 0 Å². The lowest BCUT2D eigenvalue weighted by atomic mass is 9.90. The van der Waals surface area contributed by atoms with Crippen LogP contribution in [0.25, 0.3) is 0 Å². The van der Waals surface area contributed by atoms with Gasteiger partial charge in [-0.25, -0.2) is 9.78 Å². The Kier molecular flexibility index (Phi) is 4.22. The zero-order chi connectivity index (χ0) is 19.0. The number of hydrogen-bond acceptors (Lipinski definition) is 4. The van der Waals surface area contributed by atoms with Crippen LogP contribution in [0.1, 0.15) is 24.5 Å². The van der Waals surface area contributed by atoms with Gasteiger partial charge in [-0.15, -0.1) is 0 Å². The smallest absolute Gasteiger partial charge is 0.321 e. The number of aromatic nitrogens is 1. The molecule has 1 saturated heterocycles. The first-order valence-corrected chi connectivity index (χ1v) is 9.02. The molecule has 1 unspecified atom stereocenters. The number of hydrogen-bond donors (Lipinski definition) is 2. The molecule has 0 radical (unpaired) electrons. The van der Waals surface area contributed by atoms with Crippen molar-refractivity contribution in [3.8, 4) is 0 Å². The Morgan fingerprint density at radius 1 is 1.19 bits per heavy atom. The molecule has 0 spiro atoms. The normalized spacial score (nSPS) is 21.2. The number of anilines is 2. The molecule has 27 heavy (non-hydrogen) atoms. The number of pyridine rings is 1. The zero-order valence-electron chi connectivity index (χ0n) is 15.2. The minimum absolute atomic E-state index is 0.225. The van der Waals surface area contributed by atoms with Gasteiger partial charge in [0, 0.05) is 43.6 Å². The van der Waals surface area contributed by atoms with E-state index in [1.807, 2.05) is 30.3 Å². The van der Waals surface area contributed by atoms with E-state index in [-0.39, 0.29) is 12.6 Å². The number of nitrogens with one attached hydrogen (secondary N) is 1. The third-order valence-corrected chi connectivity index (χ3v) is 5.47. The number of carbonyl (C=O) groups excluding carboxylic acids is 1. The van der Waals surface area contributed by atoms with E-state index in [1.54, 1.807) is 18.0 Å². The molecule has 2 amide bonds. The lowest BCUT2D eigenvalue weighted by molar-refractivity contribution is -0.146. The van der Waals surface area contributed by atoms with Crippen molar-refractivity contribution in [3.63, 3.8) is 0 Å². The van der Waals surface area contributed by atoms with Gasteiger partial charge in [0.05, 0.1) is 5.41 Å². The van der Waals surface area contributed by atoms with E-state index in [1.165, 1.54) is 0 Å². The van der Waals surface area contributed by atoms with E-state index in [2.05, 4.69) is 21.3 Å². The van der Waals surface area contributed by atoms with Gasteiger partial charge < -0.3 is 20.2 Å². The van der Waals surface area contributed by atoms with Gasteiger partial charge in [0.2, 0.25) is 0 Å². The van der Waals surface area contributed by atoms with E-state index in [9.17, 15) is 14.7 Å². The van der Waals surface area contributed by atoms with E-state index in [0.717, 1.165) is 29.2 Å². The van der Waals surface area contributed by atoms with Crippen molar-refractivity contribution >= 4 is 23.5 Å². The van der Waals surface area contributed by atoms with E-state index < -0.39 is 11.4 Å². The van der Waals surface area contributed by atoms with Crippen LogP contribution in [0, 0.1) is 5.41 Å². The van der Waals surface area contributed by atoms with Crippen molar-refractivity contribution in [2.75, 3.05) is 23.3 Å². The van der Waals surface area contributed by atoms with Crippen LogP contribution in [0.3, 0.4) is 0 Å². The van der Waals surface area contributed by atoms with Gasteiger partial charge in [0.1, 0.15) is 5.82 Å². The second kappa shape index (κ2) is 6.57. The number of carboxylic acid groups (broad SMARTS) is 1. The van der Waals surface area contributed by atoms with Crippen LogP contribution in [0.4, 0.5) is 16.3 Å². The maximum atomic E-state index is 12.7. The van der Waals surface area contributed by atoms with Crippen LogP contribution in [0.2, 0.25) is 0 Å². The first kappa shape index (κ1) is 17.3. The molecular formula is C20H22N4O3. The Hall–Kier alpha value is -3.09. The molecule has 1 fully saturated rings. The van der Waals surface area contributed by atoms with Crippen LogP contribution in [0.15, 0.2) is 42.6 Å². The summed E-state index contributed by atoms with van der Waals surface area (Å²) in [5.74, 6) is 0.0483. The predicted octanol–water partition coefficient (Wildman–Crippen LogP) is 2.93. The molecule has 7 nitrogen and oxygen atoms in total. The number of carboxylic acids is 1. The molecule has 2 aromatic rings. The average Bonchev–Trinajstić information content (AvgIpc) is 3.28. The van der Waals surface area contributed by atoms with Crippen LogP contribution in [-0.2, 0) is 17.9 Å². The Morgan fingerprint density at radius 3 is 2.74 bits per heavy atom. The molecule has 0 aliphatic carbocycles. The summed E-state index contributed by atoms with van der Waals surface area (Å²) >= 11 is 0. The fourth-order valence-corrected chi connectivity index (χ4v) is 3.75. The lowest BCUT2D eigenvalue weighted by Gasteiger charge is -2.21. The van der Waals surface area contributed by atoms with E-state index in [4.69, 9.17) is 0 Å². The molecule has 2 aliphatic heterocycles. The van der Waals surface area contributed by atoms with Gasteiger partial charge in [-0.3, -0.25) is 4.79 Å². The van der Waals surface area contributed by atoms with Crippen LogP contribution in [-0.4, -0.2) is 40.1 Å². The molecule has 140 valence electrons. The Labute approximate surface area is 157 Å². The Morgan fingerprint density at radius 2 is 2.04 bits per heavy atom. The SMILES string of the molecule is CC1(C(=O)O)CCN(C(=O)Nc2cccc3c2CN(c2ccccn2)C3)C1. The van der Waals surface area contributed by atoms with Crippen LogP contribution in [0.5, 0.6) is 0 Å². The third-order valence-electron chi connectivity index (χ3n) is 5.47. The maximum Gasteiger partial charge on any atom is 0.321 e. The highest BCUT2D eigenvalue weighted by atomic mass is 16.4. The fourth-order valence-electron chi connectivity index (χ4n) is 3.75. The summed E-state index contributed by atoms with van der Waals surface area (Å²) in [4.78, 5) is 32.2. The molecule has 1 aromatic heterocycles. The predicted molar refractivity (Wildman–Crippen MR) is 102 cm³/mol. The Balaban J connectivity index is 1.49. The lowest BCUT2D eigenvalue weighted by Crippen LogP contribution is -2.37. The summed E-state index contributed by atoms with van der Waals surface area (Å²) in [5.41, 5.74) is 2.15. The van der Waals surface area contributed by atoms with Gasteiger partial charge >= 0.3 is 12.0 Å². The van der Waals surface area contributed by atoms with Crippen molar-refractivity contribution in [1.29, 1.82) is 0 Å². The molecule has 2 aliphatic rings. The number of fused-ring (bicyclic) bond motifs is 1. The number of benzene rings is 1. The van der Waals surface area contributed by atoms with Gasteiger partial charge in [-0.05, 0) is 37.1 Å². The number of nitrogens with zero attached hydrogens (tertiary/aromatic N) is 3. The summed E-state index contributed by atoms with van der Waals surface area (Å²) in [7, 11) is 0. The molecule has 4 rings (SSSR count). The van der Waals surface area contributed by atoms with Gasteiger partial charge in [-0.2, -0.15) is 0 Å². The number of carbonyl (C=O) groups is 2. The highest BCUT2D eigenvalue weighted by molar-refractivity contribution is 5.91. The molecule has 1 aromatic carbocycles. The number of urea groups is 1. The van der Waals surface area contributed by atoms with Crippen molar-refractivity contribution in [2.45, 2.75) is 26.4 Å². The van der Waals surface area contributed by atoms with Gasteiger partial charge in [-0.1, -0.05) is 18.2 Å². The molecule has 3 heterocycles. The summed E-state index contributed by atoms with van der Waals surface area (Å²) in [6, 6.07) is 11.5. The van der Waals surface area contributed by atoms with Gasteiger partial charge in [0.25, 0.3) is 0 Å². The number of amides is 2. The molecule has 7 heteroatoms. The zero-order valence-corrected chi connectivity index (χ0v) is 15.2. The van der Waals surface area contributed by atoms with Crippen molar-refractivity contribution in [1.82, 2.24) is 9.88 Å². The minimum atomic E-state index is -0.869. The molecule has 0 saturated carbocycles. The molecular weight excluding hydrogens is 344 g/mol. The minimum Gasteiger partial charge on any atom is -0.481 e. The summed E-state index contributed by atoms with van der Waals surface area (Å²) < 4.78 is 0. The highest BCUT2D eigenvalue weighted by Crippen LogP contribution is 2.33. The van der Waals surface area contributed by atoms with Crippen molar-refractivity contribution < 1.29 is 14.7 Å². The van der Waals surface area contributed by atoms with Crippen molar-refractivity contribution in [2.24, 2.45) is 5.41 Å². The molecule has 0 bridgehead atoms. The molecule has 2 N–H and O–H groups in total. The monoisotopic (exact) mass is 366 g/mol. The quantitative estimate of drug-likeness (QED) is 0.872. The second-order valence-electron chi connectivity index (χ2n) is 7.45. The molecule has 1 atom stereocenters. The topological polar surface area (TPSA) is 85.8 Å². The van der Waals surface area contributed by atoms with Crippen LogP contribution >= 0.6 is 0 Å². The van der Waals surface area contributed by atoms with E-state index >= 15 is 0 Å². The van der Waals surface area contributed by atoms with Crippen molar-refractivity contribution in [3.05, 3.63) is 53.7 Å². The first-order chi connectivity index (χ1) is 13.0. The number of aliphatic carboxylic acids is 1.